The summed E-state index contributed by atoms with van der Waals surface area (Å²) in [6.07, 6.45) is -12.0. The van der Waals surface area contributed by atoms with E-state index in [1.54, 1.807) is 0 Å². The third kappa shape index (κ3) is 2.84. The lowest BCUT2D eigenvalue weighted by Gasteiger charge is -2.32. The summed E-state index contributed by atoms with van der Waals surface area (Å²) in [6, 6.07) is 1.75. The van der Waals surface area contributed by atoms with Gasteiger partial charge in [0.2, 0.25) is 0 Å². The van der Waals surface area contributed by atoms with E-state index in [9.17, 15) is 26.3 Å². The van der Waals surface area contributed by atoms with E-state index < -0.39 is 29.2 Å². The number of nitrogens with zero attached hydrogens (tertiary/aromatic N) is 3. The largest absolute Gasteiger partial charge is 0.430 e. The van der Waals surface area contributed by atoms with Crippen LogP contribution in [0.4, 0.5) is 32.0 Å². The molecule has 0 spiro atoms. The molecule has 0 heterocycles. The first-order valence-corrected chi connectivity index (χ1v) is 5.45. The van der Waals surface area contributed by atoms with Gasteiger partial charge < -0.3 is 5.11 Å². The summed E-state index contributed by atoms with van der Waals surface area (Å²) in [7, 11) is 0. The molecule has 0 fully saturated rings. The van der Waals surface area contributed by atoms with Crippen LogP contribution in [-0.2, 0) is 5.60 Å². The fourth-order valence-electron chi connectivity index (χ4n) is 1.38. The van der Waals surface area contributed by atoms with E-state index in [4.69, 9.17) is 10.6 Å². The molecule has 0 amide bonds. The van der Waals surface area contributed by atoms with E-state index in [-0.39, 0.29) is 4.47 Å². The molecule has 0 aromatic heterocycles. The summed E-state index contributed by atoms with van der Waals surface area (Å²) < 4.78 is 75.7. The lowest BCUT2D eigenvalue weighted by Crippen LogP contribution is -2.53. The first kappa shape index (κ1) is 16.6. The Labute approximate surface area is 115 Å². The van der Waals surface area contributed by atoms with Crippen LogP contribution >= 0.6 is 15.9 Å². The summed E-state index contributed by atoms with van der Waals surface area (Å²) in [6.45, 7) is 0. The molecule has 1 rings (SSSR count). The van der Waals surface area contributed by atoms with Crippen molar-refractivity contribution in [2.24, 2.45) is 5.11 Å². The highest BCUT2D eigenvalue weighted by atomic mass is 79.9. The quantitative estimate of drug-likeness (QED) is 0.351. The molecule has 11 heteroatoms. The third-order valence-corrected chi connectivity index (χ3v) is 2.74. The molecule has 110 valence electrons. The Morgan fingerprint density at radius 2 is 1.55 bits per heavy atom. The second-order valence-electron chi connectivity index (χ2n) is 3.59. The number of azide groups is 1. The Balaban J connectivity index is 3.63. The van der Waals surface area contributed by atoms with E-state index in [0.29, 0.717) is 12.1 Å². The van der Waals surface area contributed by atoms with Crippen molar-refractivity contribution >= 4 is 21.6 Å². The van der Waals surface area contributed by atoms with Crippen LogP contribution in [0.15, 0.2) is 27.8 Å². The summed E-state index contributed by atoms with van der Waals surface area (Å²) in [5.74, 6) is 0. The van der Waals surface area contributed by atoms with Crippen molar-refractivity contribution in [3.63, 3.8) is 0 Å². The molecule has 1 aromatic carbocycles. The van der Waals surface area contributed by atoms with Crippen LogP contribution in [0, 0.1) is 0 Å². The van der Waals surface area contributed by atoms with Crippen LogP contribution in [0.1, 0.15) is 5.56 Å². The summed E-state index contributed by atoms with van der Waals surface area (Å²) >= 11 is 2.68. The van der Waals surface area contributed by atoms with Gasteiger partial charge >= 0.3 is 12.4 Å². The van der Waals surface area contributed by atoms with E-state index in [0.717, 1.165) is 6.07 Å². The van der Waals surface area contributed by atoms with Gasteiger partial charge in [0.15, 0.2) is 0 Å². The van der Waals surface area contributed by atoms with Gasteiger partial charge in [0.05, 0.1) is 0 Å². The Morgan fingerprint density at radius 1 is 1.05 bits per heavy atom. The minimum absolute atomic E-state index is 0.218. The molecular formula is C9H4BrF6N3O. The van der Waals surface area contributed by atoms with Gasteiger partial charge in [-0.1, -0.05) is 21.0 Å². The van der Waals surface area contributed by atoms with Gasteiger partial charge in [0.25, 0.3) is 5.60 Å². The standard InChI is InChI=1S/C9H4BrF6N3O/c10-5-1-4(2-6(3-5)18-19-17)7(20,8(11,12)13)9(14,15)16/h1-3,20H. The van der Waals surface area contributed by atoms with Gasteiger partial charge in [0.1, 0.15) is 0 Å². The maximum Gasteiger partial charge on any atom is 0.430 e. The number of halogens is 7. The van der Waals surface area contributed by atoms with Crippen molar-refractivity contribution in [2.45, 2.75) is 18.0 Å². The van der Waals surface area contributed by atoms with Gasteiger partial charge in [0, 0.05) is 20.6 Å². The number of hydrogen-bond acceptors (Lipinski definition) is 2. The van der Waals surface area contributed by atoms with Gasteiger partial charge in [-0.25, -0.2) is 0 Å². The molecule has 0 bridgehead atoms. The van der Waals surface area contributed by atoms with Gasteiger partial charge in [-0.05, 0) is 23.7 Å². The molecule has 0 aliphatic heterocycles. The smallest absolute Gasteiger partial charge is 0.369 e. The first-order valence-electron chi connectivity index (χ1n) is 4.65. The van der Waals surface area contributed by atoms with E-state index in [2.05, 4.69) is 26.0 Å². The van der Waals surface area contributed by atoms with Crippen molar-refractivity contribution in [1.82, 2.24) is 0 Å². The average Bonchev–Trinajstić information content (AvgIpc) is 2.24. The minimum Gasteiger partial charge on any atom is -0.369 e. The highest BCUT2D eigenvalue weighted by Gasteiger charge is 2.71. The highest BCUT2D eigenvalue weighted by Crippen LogP contribution is 2.50. The molecule has 0 saturated carbocycles. The lowest BCUT2D eigenvalue weighted by molar-refractivity contribution is -0.376. The molecule has 0 atom stereocenters. The molecule has 20 heavy (non-hydrogen) atoms. The SMILES string of the molecule is [N-]=[N+]=Nc1cc(Br)cc(C(O)(C(F)(F)F)C(F)(F)F)c1. The number of aliphatic hydroxyl groups is 1. The van der Waals surface area contributed by atoms with Gasteiger partial charge in [-0.15, -0.1) is 0 Å². The zero-order valence-corrected chi connectivity index (χ0v) is 10.8. The summed E-state index contributed by atoms with van der Waals surface area (Å²) in [5, 5.41) is 12.1. The fourth-order valence-corrected chi connectivity index (χ4v) is 1.86. The van der Waals surface area contributed by atoms with E-state index in [1.807, 2.05) is 0 Å². The molecule has 0 radical (unpaired) electrons. The third-order valence-electron chi connectivity index (χ3n) is 2.28. The van der Waals surface area contributed by atoms with Crippen molar-refractivity contribution < 1.29 is 31.4 Å². The zero-order valence-electron chi connectivity index (χ0n) is 9.17. The number of alkyl halides is 6. The predicted molar refractivity (Wildman–Crippen MR) is 59.0 cm³/mol. The summed E-state index contributed by atoms with van der Waals surface area (Å²) in [5.41, 5.74) is 1.08. The maximum atomic E-state index is 12.6. The molecule has 0 unspecified atom stereocenters. The zero-order chi connectivity index (χ0) is 15.8. The first-order chi connectivity index (χ1) is 8.93. The molecule has 1 N–H and O–H groups in total. The average molecular weight is 364 g/mol. The van der Waals surface area contributed by atoms with Crippen LogP contribution in [0.3, 0.4) is 0 Å². The number of hydrogen-bond donors (Lipinski definition) is 1. The number of rotatable bonds is 2. The van der Waals surface area contributed by atoms with Crippen molar-refractivity contribution in [2.75, 3.05) is 0 Å². The molecule has 0 aliphatic rings. The minimum atomic E-state index is -6.00. The summed E-state index contributed by atoms with van der Waals surface area (Å²) in [4.78, 5) is 2.25. The van der Waals surface area contributed by atoms with Crippen molar-refractivity contribution in [1.29, 1.82) is 0 Å². The van der Waals surface area contributed by atoms with E-state index in [1.165, 1.54) is 0 Å². The monoisotopic (exact) mass is 363 g/mol. The Hall–Kier alpha value is -1.45. The van der Waals surface area contributed by atoms with Gasteiger partial charge in [-0.3, -0.25) is 0 Å². The normalized spacial score (nSPS) is 13.0. The lowest BCUT2D eigenvalue weighted by atomic mass is 9.92. The van der Waals surface area contributed by atoms with Crippen molar-refractivity contribution in [3.8, 4) is 0 Å². The van der Waals surface area contributed by atoms with E-state index >= 15 is 0 Å². The molecular weight excluding hydrogens is 360 g/mol. The predicted octanol–water partition coefficient (Wildman–Crippen LogP) is 4.70. The molecule has 1 aromatic rings. The second kappa shape index (κ2) is 5.15. The second-order valence-corrected chi connectivity index (χ2v) is 4.51. The molecule has 4 nitrogen and oxygen atoms in total. The fraction of sp³-hybridized carbons (Fsp3) is 0.333. The van der Waals surface area contributed by atoms with Crippen LogP contribution in [-0.4, -0.2) is 17.5 Å². The molecule has 0 saturated heterocycles. The van der Waals surface area contributed by atoms with Crippen LogP contribution in [0.25, 0.3) is 10.4 Å². The number of benzene rings is 1. The maximum absolute atomic E-state index is 12.6. The van der Waals surface area contributed by atoms with Crippen LogP contribution in [0.5, 0.6) is 0 Å². The Kier molecular flexibility index (Phi) is 4.28. The van der Waals surface area contributed by atoms with Crippen LogP contribution in [0.2, 0.25) is 0 Å². The Bertz CT molecular complexity index is 550. The van der Waals surface area contributed by atoms with Crippen LogP contribution < -0.4 is 0 Å². The highest BCUT2D eigenvalue weighted by molar-refractivity contribution is 9.10. The van der Waals surface area contributed by atoms with Gasteiger partial charge in [-0.2, -0.15) is 26.3 Å². The molecule has 0 aliphatic carbocycles. The Morgan fingerprint density at radius 3 is 1.95 bits per heavy atom. The topological polar surface area (TPSA) is 69.0 Å². The van der Waals surface area contributed by atoms with Crippen molar-refractivity contribution in [3.05, 3.63) is 38.7 Å².